The largest absolute Gasteiger partial charge is 0.310 e. The fraction of sp³-hybridized carbons (Fsp3) is 0.0417. The Labute approximate surface area is 303 Å². The van der Waals surface area contributed by atoms with E-state index in [1.54, 1.807) is 0 Å². The third-order valence-corrected chi connectivity index (χ3v) is 9.78. The number of hydrogen-bond donors (Lipinski definition) is 0. The van der Waals surface area contributed by atoms with Gasteiger partial charge in [0.15, 0.2) is 5.82 Å². The van der Waals surface area contributed by atoms with Crippen molar-refractivity contribution >= 4 is 38.9 Å². The molecule has 0 radical (unpaired) electrons. The zero-order valence-electron chi connectivity index (χ0n) is 29.1. The Kier molecular flexibility index (Phi) is 7.90. The molecule has 0 aliphatic rings. The lowest BCUT2D eigenvalue weighted by Gasteiger charge is -2.25. The highest BCUT2D eigenvalue weighted by molar-refractivity contribution is 6.11. The number of benzene rings is 7. The molecule has 0 saturated heterocycles. The number of rotatable bonds is 7. The van der Waals surface area contributed by atoms with Gasteiger partial charge in [-0.2, -0.15) is 0 Å². The van der Waals surface area contributed by atoms with Crippen molar-refractivity contribution in [2.24, 2.45) is 0 Å². The standard InChI is InChI=1S/C48H36N4/c1-33-29-37(44-32-43(35-17-7-3-8-18-35)49-48(50-44)36-19-9-4-10-20-36)30-34(2)47(33)52-45-26-16-15-25-41(45)42-31-40(27-28-46(42)52)51(38-21-11-5-12-22-38)39-23-13-6-14-24-39/h3-32H,1-2H3. The summed E-state index contributed by atoms with van der Waals surface area (Å²) in [6, 6.07) is 64.0. The van der Waals surface area contributed by atoms with E-state index in [2.05, 4.69) is 181 Å². The van der Waals surface area contributed by atoms with E-state index in [0.717, 1.165) is 51.0 Å². The van der Waals surface area contributed by atoms with Crippen molar-refractivity contribution in [2.45, 2.75) is 13.8 Å². The maximum absolute atomic E-state index is 5.13. The van der Waals surface area contributed by atoms with Gasteiger partial charge in [0.1, 0.15) is 0 Å². The summed E-state index contributed by atoms with van der Waals surface area (Å²) in [4.78, 5) is 12.5. The van der Waals surface area contributed by atoms with Gasteiger partial charge in [-0.1, -0.05) is 115 Å². The van der Waals surface area contributed by atoms with Gasteiger partial charge in [-0.15, -0.1) is 0 Å². The van der Waals surface area contributed by atoms with E-state index in [0.29, 0.717) is 0 Å². The minimum absolute atomic E-state index is 0.717. The average molecular weight is 669 g/mol. The van der Waals surface area contributed by atoms with Gasteiger partial charge in [0.05, 0.1) is 28.1 Å². The molecule has 0 saturated carbocycles. The summed E-state index contributed by atoms with van der Waals surface area (Å²) < 4.78 is 2.43. The molecule has 0 N–H and O–H groups in total. The molecule has 0 bridgehead atoms. The predicted octanol–water partition coefficient (Wildman–Crippen LogP) is 12.7. The molecule has 7 aromatic carbocycles. The number of anilines is 3. The molecular weight excluding hydrogens is 633 g/mol. The molecule has 2 heterocycles. The highest BCUT2D eigenvalue weighted by Crippen LogP contribution is 2.41. The molecule has 0 aliphatic carbocycles. The van der Waals surface area contributed by atoms with Crippen molar-refractivity contribution in [3.8, 4) is 39.6 Å². The highest BCUT2D eigenvalue weighted by Gasteiger charge is 2.20. The van der Waals surface area contributed by atoms with Gasteiger partial charge < -0.3 is 9.47 Å². The van der Waals surface area contributed by atoms with E-state index < -0.39 is 0 Å². The van der Waals surface area contributed by atoms with E-state index >= 15 is 0 Å². The summed E-state index contributed by atoms with van der Waals surface area (Å²) in [5.74, 6) is 0.717. The van der Waals surface area contributed by atoms with Gasteiger partial charge >= 0.3 is 0 Å². The lowest BCUT2D eigenvalue weighted by molar-refractivity contribution is 1.12. The van der Waals surface area contributed by atoms with Crippen LogP contribution in [0.25, 0.3) is 61.4 Å². The molecule has 4 nitrogen and oxygen atoms in total. The van der Waals surface area contributed by atoms with Crippen molar-refractivity contribution in [1.82, 2.24) is 14.5 Å². The second-order valence-electron chi connectivity index (χ2n) is 13.2. The van der Waals surface area contributed by atoms with Gasteiger partial charge in [-0.25, -0.2) is 9.97 Å². The van der Waals surface area contributed by atoms with Crippen molar-refractivity contribution in [3.05, 3.63) is 193 Å². The van der Waals surface area contributed by atoms with E-state index in [1.165, 1.54) is 38.6 Å². The zero-order chi connectivity index (χ0) is 35.0. The summed E-state index contributed by atoms with van der Waals surface area (Å²) in [6.07, 6.45) is 0. The Morgan fingerprint density at radius 2 is 0.904 bits per heavy atom. The number of nitrogens with zero attached hydrogens (tertiary/aromatic N) is 4. The smallest absolute Gasteiger partial charge is 0.160 e. The summed E-state index contributed by atoms with van der Waals surface area (Å²) >= 11 is 0. The summed E-state index contributed by atoms with van der Waals surface area (Å²) in [5.41, 5.74) is 14.2. The fourth-order valence-electron chi connectivity index (χ4n) is 7.47. The monoisotopic (exact) mass is 668 g/mol. The molecule has 0 aliphatic heterocycles. The van der Waals surface area contributed by atoms with Crippen molar-refractivity contribution in [3.63, 3.8) is 0 Å². The predicted molar refractivity (Wildman–Crippen MR) is 217 cm³/mol. The Balaban J connectivity index is 1.20. The van der Waals surface area contributed by atoms with Crippen LogP contribution in [0, 0.1) is 13.8 Å². The molecular formula is C48H36N4. The van der Waals surface area contributed by atoms with Crippen LogP contribution in [0.2, 0.25) is 0 Å². The average Bonchev–Trinajstić information content (AvgIpc) is 3.52. The molecule has 9 aromatic rings. The first-order valence-corrected chi connectivity index (χ1v) is 17.7. The maximum atomic E-state index is 5.13. The van der Waals surface area contributed by atoms with Gasteiger partial charge in [0.2, 0.25) is 0 Å². The van der Waals surface area contributed by atoms with E-state index in [-0.39, 0.29) is 0 Å². The first-order chi connectivity index (χ1) is 25.6. The first-order valence-electron chi connectivity index (χ1n) is 17.7. The van der Waals surface area contributed by atoms with Crippen LogP contribution in [0.4, 0.5) is 17.1 Å². The zero-order valence-corrected chi connectivity index (χ0v) is 29.1. The maximum Gasteiger partial charge on any atom is 0.160 e. The van der Waals surface area contributed by atoms with Gasteiger partial charge in [-0.05, 0) is 91.7 Å². The van der Waals surface area contributed by atoms with Crippen LogP contribution in [0.3, 0.4) is 0 Å². The Hall–Kier alpha value is -6.78. The molecule has 0 unspecified atom stereocenters. The summed E-state index contributed by atoms with van der Waals surface area (Å²) in [5, 5.41) is 2.43. The van der Waals surface area contributed by atoms with E-state index in [1.807, 2.05) is 24.3 Å². The molecule has 2 aromatic heterocycles. The molecule has 248 valence electrons. The van der Waals surface area contributed by atoms with Crippen LogP contribution in [0.15, 0.2) is 182 Å². The van der Waals surface area contributed by atoms with E-state index in [4.69, 9.17) is 9.97 Å². The Morgan fingerprint density at radius 3 is 1.52 bits per heavy atom. The summed E-state index contributed by atoms with van der Waals surface area (Å²) in [6.45, 7) is 4.43. The lowest BCUT2D eigenvalue weighted by Crippen LogP contribution is -2.09. The minimum Gasteiger partial charge on any atom is -0.310 e. The third-order valence-electron chi connectivity index (χ3n) is 9.78. The number of hydrogen-bond acceptors (Lipinski definition) is 3. The Bertz CT molecular complexity index is 2560. The molecule has 0 amide bonds. The number of aryl methyl sites for hydroxylation is 2. The van der Waals surface area contributed by atoms with Crippen LogP contribution in [-0.2, 0) is 0 Å². The molecule has 0 fully saturated rings. The Morgan fingerprint density at radius 1 is 0.404 bits per heavy atom. The molecule has 52 heavy (non-hydrogen) atoms. The van der Waals surface area contributed by atoms with Gasteiger partial charge in [-0.3, -0.25) is 0 Å². The lowest BCUT2D eigenvalue weighted by atomic mass is 10.00. The van der Waals surface area contributed by atoms with Crippen LogP contribution >= 0.6 is 0 Å². The molecule has 4 heteroatoms. The van der Waals surface area contributed by atoms with Crippen molar-refractivity contribution in [2.75, 3.05) is 4.90 Å². The van der Waals surface area contributed by atoms with Gasteiger partial charge in [0, 0.05) is 44.5 Å². The quantitative estimate of drug-likeness (QED) is 0.169. The second-order valence-corrected chi connectivity index (χ2v) is 13.2. The van der Waals surface area contributed by atoms with Crippen LogP contribution < -0.4 is 4.90 Å². The molecule has 9 rings (SSSR count). The first kappa shape index (κ1) is 31.2. The summed E-state index contributed by atoms with van der Waals surface area (Å²) in [7, 11) is 0. The molecule has 0 atom stereocenters. The number of aromatic nitrogens is 3. The van der Waals surface area contributed by atoms with Gasteiger partial charge in [0.25, 0.3) is 0 Å². The van der Waals surface area contributed by atoms with Crippen molar-refractivity contribution in [1.29, 1.82) is 0 Å². The van der Waals surface area contributed by atoms with Crippen LogP contribution in [0.5, 0.6) is 0 Å². The molecule has 0 spiro atoms. The highest BCUT2D eigenvalue weighted by atomic mass is 15.1. The fourth-order valence-corrected chi connectivity index (χ4v) is 7.47. The second kappa shape index (κ2) is 13.2. The SMILES string of the molecule is Cc1cc(-c2cc(-c3ccccc3)nc(-c3ccccc3)n2)cc(C)c1-n1c2ccccc2c2cc(N(c3ccccc3)c3ccccc3)ccc21. The third kappa shape index (κ3) is 5.61. The van der Waals surface area contributed by atoms with Crippen LogP contribution in [0.1, 0.15) is 11.1 Å². The normalized spacial score (nSPS) is 11.3. The number of para-hydroxylation sites is 3. The topological polar surface area (TPSA) is 34.0 Å². The van der Waals surface area contributed by atoms with Crippen LogP contribution in [-0.4, -0.2) is 14.5 Å². The number of fused-ring (bicyclic) bond motifs is 3. The minimum atomic E-state index is 0.717. The van der Waals surface area contributed by atoms with E-state index in [9.17, 15) is 0 Å². The van der Waals surface area contributed by atoms with Crippen molar-refractivity contribution < 1.29 is 0 Å².